The maximum Gasteiger partial charge on any atom is 0.223 e. The van der Waals surface area contributed by atoms with Crippen molar-refractivity contribution in [3.05, 3.63) is 77.2 Å². The molecular weight excluding hydrogens is 372 g/mol. The molecule has 1 aromatic carbocycles. The van der Waals surface area contributed by atoms with Crippen LogP contribution in [0, 0.1) is 26.7 Å². The summed E-state index contributed by atoms with van der Waals surface area (Å²) in [6, 6.07) is 16.7. The topological polar surface area (TPSA) is 50.2 Å². The Balaban J connectivity index is 1.40. The van der Waals surface area contributed by atoms with Crippen molar-refractivity contribution in [2.45, 2.75) is 40.2 Å². The minimum Gasteiger partial charge on any atom is -0.355 e. The van der Waals surface area contributed by atoms with Gasteiger partial charge in [0.2, 0.25) is 5.91 Å². The van der Waals surface area contributed by atoms with Crippen LogP contribution in [0.25, 0.3) is 5.69 Å². The molecule has 2 aromatic heterocycles. The van der Waals surface area contributed by atoms with Crippen LogP contribution >= 0.6 is 0 Å². The summed E-state index contributed by atoms with van der Waals surface area (Å²) in [7, 11) is 0. The second-order valence-corrected chi connectivity index (χ2v) is 8.27. The van der Waals surface area contributed by atoms with Gasteiger partial charge in [-0.1, -0.05) is 29.8 Å². The van der Waals surface area contributed by atoms with Crippen LogP contribution in [0.3, 0.4) is 0 Å². The third-order valence-corrected chi connectivity index (χ3v) is 5.99. The summed E-state index contributed by atoms with van der Waals surface area (Å²) in [5.41, 5.74) is 5.88. The van der Waals surface area contributed by atoms with Crippen LogP contribution in [0.2, 0.25) is 0 Å². The molecule has 1 fully saturated rings. The van der Waals surface area contributed by atoms with Gasteiger partial charge in [0.05, 0.1) is 5.69 Å². The smallest absolute Gasteiger partial charge is 0.223 e. The van der Waals surface area contributed by atoms with Crippen LogP contribution in [0.5, 0.6) is 0 Å². The lowest BCUT2D eigenvalue weighted by molar-refractivity contribution is -0.125. The van der Waals surface area contributed by atoms with E-state index >= 15 is 0 Å². The van der Waals surface area contributed by atoms with Gasteiger partial charge in [0, 0.05) is 43.1 Å². The van der Waals surface area contributed by atoms with E-state index in [1.807, 2.05) is 18.3 Å². The number of hydrogen-bond donors (Lipinski definition) is 1. The molecule has 1 amide bonds. The molecular formula is C25H30N4O. The third-order valence-electron chi connectivity index (χ3n) is 5.99. The van der Waals surface area contributed by atoms with E-state index in [-0.39, 0.29) is 11.8 Å². The van der Waals surface area contributed by atoms with Crippen molar-refractivity contribution >= 4 is 11.7 Å². The molecule has 0 radical (unpaired) electrons. The van der Waals surface area contributed by atoms with E-state index in [0.29, 0.717) is 6.54 Å². The quantitative estimate of drug-likeness (QED) is 0.691. The largest absolute Gasteiger partial charge is 0.355 e. The fourth-order valence-corrected chi connectivity index (χ4v) is 4.36. The van der Waals surface area contributed by atoms with Crippen LogP contribution in [-0.2, 0) is 11.3 Å². The molecule has 0 bridgehead atoms. The van der Waals surface area contributed by atoms with Crippen LogP contribution in [0.4, 0.5) is 5.82 Å². The third kappa shape index (κ3) is 4.25. The molecule has 3 heterocycles. The predicted octanol–water partition coefficient (Wildman–Crippen LogP) is 4.33. The van der Waals surface area contributed by atoms with Gasteiger partial charge in [-0.2, -0.15) is 0 Å². The Bertz CT molecular complexity index is 1010. The molecule has 0 spiro atoms. The van der Waals surface area contributed by atoms with Gasteiger partial charge < -0.3 is 14.8 Å². The van der Waals surface area contributed by atoms with Gasteiger partial charge in [0.15, 0.2) is 5.82 Å². The summed E-state index contributed by atoms with van der Waals surface area (Å²) in [5, 5.41) is 3.12. The Labute approximate surface area is 178 Å². The zero-order valence-corrected chi connectivity index (χ0v) is 18.1. The summed E-state index contributed by atoms with van der Waals surface area (Å²) in [6.45, 7) is 8.59. The number of nitrogens with one attached hydrogen (secondary N) is 1. The summed E-state index contributed by atoms with van der Waals surface area (Å²) in [5.74, 6) is 1.22. The van der Waals surface area contributed by atoms with Crippen molar-refractivity contribution < 1.29 is 4.79 Å². The van der Waals surface area contributed by atoms with E-state index < -0.39 is 0 Å². The van der Waals surface area contributed by atoms with Gasteiger partial charge in [0.1, 0.15) is 0 Å². The van der Waals surface area contributed by atoms with Gasteiger partial charge in [0.25, 0.3) is 0 Å². The maximum absolute atomic E-state index is 12.7. The van der Waals surface area contributed by atoms with Crippen LogP contribution in [-0.4, -0.2) is 28.5 Å². The number of carbonyl (C=O) groups is 1. The molecule has 0 saturated carbocycles. The van der Waals surface area contributed by atoms with Crippen molar-refractivity contribution in [3.8, 4) is 5.69 Å². The van der Waals surface area contributed by atoms with Crippen LogP contribution in [0.15, 0.2) is 54.7 Å². The van der Waals surface area contributed by atoms with Crippen molar-refractivity contribution in [3.63, 3.8) is 0 Å². The molecule has 1 aliphatic rings. The Morgan fingerprint density at radius 2 is 1.77 bits per heavy atom. The standard InChI is InChI=1S/C25H30N4O/c1-18-6-4-7-21(16-18)17-27-25(30)22-11-14-28(15-12-22)24-23(8-5-13-26-24)29-19(2)9-10-20(29)3/h4-10,13,16,22H,11-12,14-15,17H2,1-3H3,(H,27,30). The van der Waals surface area contributed by atoms with E-state index in [2.05, 4.69) is 72.0 Å². The zero-order valence-electron chi connectivity index (χ0n) is 18.1. The van der Waals surface area contributed by atoms with E-state index in [0.717, 1.165) is 43.0 Å². The first-order valence-electron chi connectivity index (χ1n) is 10.7. The lowest BCUT2D eigenvalue weighted by Gasteiger charge is -2.33. The number of hydrogen-bond acceptors (Lipinski definition) is 3. The van der Waals surface area contributed by atoms with Gasteiger partial charge in [-0.05, 0) is 63.4 Å². The number of amides is 1. The molecule has 30 heavy (non-hydrogen) atoms. The van der Waals surface area contributed by atoms with Gasteiger partial charge in [-0.25, -0.2) is 4.98 Å². The molecule has 0 unspecified atom stereocenters. The highest BCUT2D eigenvalue weighted by atomic mass is 16.1. The first-order valence-corrected chi connectivity index (χ1v) is 10.7. The number of carbonyl (C=O) groups excluding carboxylic acids is 1. The molecule has 156 valence electrons. The summed E-state index contributed by atoms with van der Waals surface area (Å²) >= 11 is 0. The molecule has 0 aliphatic carbocycles. The number of piperidine rings is 1. The average Bonchev–Trinajstić information content (AvgIpc) is 3.10. The molecule has 3 aromatic rings. The Morgan fingerprint density at radius 3 is 2.47 bits per heavy atom. The molecule has 5 nitrogen and oxygen atoms in total. The molecule has 1 saturated heterocycles. The lowest BCUT2D eigenvalue weighted by Crippen LogP contribution is -2.41. The molecule has 1 N–H and O–H groups in total. The SMILES string of the molecule is Cc1cccc(CNC(=O)C2CCN(c3ncccc3-n3c(C)ccc3C)CC2)c1. The van der Waals surface area contributed by atoms with E-state index in [1.165, 1.54) is 17.0 Å². The van der Waals surface area contributed by atoms with Crippen molar-refractivity contribution in [2.24, 2.45) is 5.92 Å². The predicted molar refractivity (Wildman–Crippen MR) is 121 cm³/mol. The van der Waals surface area contributed by atoms with Gasteiger partial charge >= 0.3 is 0 Å². The summed E-state index contributed by atoms with van der Waals surface area (Å²) < 4.78 is 2.25. The minimum atomic E-state index is 0.0632. The second-order valence-electron chi connectivity index (χ2n) is 8.27. The molecule has 1 aliphatic heterocycles. The second kappa shape index (κ2) is 8.74. The summed E-state index contributed by atoms with van der Waals surface area (Å²) in [6.07, 6.45) is 3.55. The molecule has 5 heteroatoms. The molecule has 4 rings (SSSR count). The fourth-order valence-electron chi connectivity index (χ4n) is 4.36. The number of pyridine rings is 1. The van der Waals surface area contributed by atoms with Crippen LogP contribution < -0.4 is 10.2 Å². The summed E-state index contributed by atoms with van der Waals surface area (Å²) in [4.78, 5) is 19.7. The van der Waals surface area contributed by atoms with Crippen molar-refractivity contribution in [2.75, 3.05) is 18.0 Å². The monoisotopic (exact) mass is 402 g/mol. The van der Waals surface area contributed by atoms with E-state index in [4.69, 9.17) is 4.98 Å². The fraction of sp³-hybridized carbons (Fsp3) is 0.360. The first-order chi connectivity index (χ1) is 14.5. The van der Waals surface area contributed by atoms with Gasteiger partial charge in [-0.15, -0.1) is 0 Å². The van der Waals surface area contributed by atoms with E-state index in [9.17, 15) is 4.79 Å². The Kier molecular flexibility index (Phi) is 5.88. The minimum absolute atomic E-state index is 0.0632. The number of nitrogens with zero attached hydrogens (tertiary/aromatic N) is 3. The first kappa shape index (κ1) is 20.2. The van der Waals surface area contributed by atoms with Crippen LogP contribution in [0.1, 0.15) is 35.4 Å². The van der Waals surface area contributed by atoms with Crippen molar-refractivity contribution in [1.29, 1.82) is 0 Å². The number of anilines is 1. The Hall–Kier alpha value is -3.08. The number of aryl methyl sites for hydroxylation is 3. The number of benzene rings is 1. The maximum atomic E-state index is 12.7. The highest BCUT2D eigenvalue weighted by molar-refractivity contribution is 5.79. The molecule has 0 atom stereocenters. The Morgan fingerprint density at radius 1 is 1.03 bits per heavy atom. The van der Waals surface area contributed by atoms with Crippen molar-refractivity contribution in [1.82, 2.24) is 14.9 Å². The number of aromatic nitrogens is 2. The average molecular weight is 403 g/mol. The van der Waals surface area contributed by atoms with Gasteiger partial charge in [-0.3, -0.25) is 4.79 Å². The normalized spacial score (nSPS) is 14.7. The highest BCUT2D eigenvalue weighted by Gasteiger charge is 2.27. The lowest BCUT2D eigenvalue weighted by atomic mass is 9.95. The number of rotatable bonds is 5. The van der Waals surface area contributed by atoms with E-state index in [1.54, 1.807) is 0 Å². The highest BCUT2D eigenvalue weighted by Crippen LogP contribution is 2.29. The zero-order chi connectivity index (χ0) is 21.1.